The molecule has 0 aliphatic heterocycles. The molecule has 0 aromatic rings. The predicted molar refractivity (Wildman–Crippen MR) is 278 cm³/mol. The van der Waals surface area contributed by atoms with Crippen molar-refractivity contribution in [2.45, 2.75) is 289 Å². The molecule has 4 heteroatoms. The molecule has 0 spiro atoms. The summed E-state index contributed by atoms with van der Waals surface area (Å²) in [5.74, 6) is 2.44. The molecule has 0 radical (unpaired) electrons. The van der Waals surface area contributed by atoms with Gasteiger partial charge in [0.1, 0.15) is 0 Å². The molecule has 0 aromatic heterocycles. The van der Waals surface area contributed by atoms with Crippen molar-refractivity contribution in [3.8, 4) is 0 Å². The van der Waals surface area contributed by atoms with Crippen molar-refractivity contribution in [3.63, 3.8) is 0 Å². The van der Waals surface area contributed by atoms with Crippen LogP contribution >= 0.6 is 23.5 Å². The van der Waals surface area contributed by atoms with E-state index in [0.29, 0.717) is 0 Å². The minimum Gasteiger partial charge on any atom is -0.317 e. The summed E-state index contributed by atoms with van der Waals surface area (Å²) >= 11 is 3.83. The second-order valence-corrected chi connectivity index (χ2v) is 16.7. The molecular formula is C52H120N2S2. The van der Waals surface area contributed by atoms with E-state index in [9.17, 15) is 0 Å². The number of nitrogens with one attached hydrogen (secondary N) is 1. The van der Waals surface area contributed by atoms with Gasteiger partial charge in [-0.05, 0) is 57.2 Å². The van der Waals surface area contributed by atoms with Crippen molar-refractivity contribution in [1.82, 2.24) is 10.2 Å². The molecule has 350 valence electrons. The quantitative estimate of drug-likeness (QED) is 0.0495. The summed E-state index contributed by atoms with van der Waals surface area (Å²) in [5, 5.41) is 3.57. The van der Waals surface area contributed by atoms with Gasteiger partial charge >= 0.3 is 0 Å². The van der Waals surface area contributed by atoms with Gasteiger partial charge in [0.2, 0.25) is 0 Å². The molecule has 0 bridgehead atoms. The van der Waals surface area contributed by atoms with Crippen LogP contribution in [0.25, 0.3) is 0 Å². The maximum Gasteiger partial charge on any atom is 0.0441 e. The first-order valence-electron chi connectivity index (χ1n) is 26.0. The number of rotatable bonds is 37. The summed E-state index contributed by atoms with van der Waals surface area (Å²) in [6.45, 7) is 32.7. The first-order chi connectivity index (χ1) is 27.6. The molecule has 0 amide bonds. The van der Waals surface area contributed by atoms with Crippen molar-refractivity contribution in [2.75, 3.05) is 50.3 Å². The monoisotopic (exact) mass is 837 g/mol. The normalized spacial score (nSPS) is 9.86. The van der Waals surface area contributed by atoms with E-state index in [-0.39, 0.29) is 0 Å². The standard InChI is InChI=1S/C27H58N2S.C10H22.C6H14.C3H8S.3C2H6/c1-4-6-8-9-10-11-12-13-14-15-16-17-18-19-20-21-25-29(27-30-3)26-22-24-28-23-7-5-2;1-3-5-7-9-10-8-6-4-2;1-3-5-6-4-2;1-3-4-2;3*1-2/h28H,4-27H2,1-3H3;3-10H2,1-2H3;3-6H2,1-2H3;3H2,1-2H3;3*1-2H3. The van der Waals surface area contributed by atoms with Crippen LogP contribution in [0.1, 0.15) is 289 Å². The van der Waals surface area contributed by atoms with Crippen LogP contribution in [-0.2, 0) is 0 Å². The van der Waals surface area contributed by atoms with Crippen molar-refractivity contribution in [2.24, 2.45) is 0 Å². The summed E-state index contributed by atoms with van der Waals surface area (Å²) in [5.41, 5.74) is 0. The zero-order chi connectivity index (χ0) is 43.9. The second kappa shape index (κ2) is 87.2. The Morgan fingerprint density at radius 3 is 0.804 bits per heavy atom. The summed E-state index contributed by atoms with van der Waals surface area (Å²) in [6.07, 6.45) is 48.5. The highest BCUT2D eigenvalue weighted by molar-refractivity contribution is 7.98. The fourth-order valence-electron chi connectivity index (χ4n) is 5.87. The van der Waals surface area contributed by atoms with Crippen molar-refractivity contribution in [3.05, 3.63) is 0 Å². The van der Waals surface area contributed by atoms with E-state index in [1.165, 1.54) is 237 Å². The third-order valence-corrected chi connectivity index (χ3v) is 10.6. The second-order valence-electron chi connectivity index (χ2n) is 14.7. The van der Waals surface area contributed by atoms with E-state index in [1.54, 1.807) is 0 Å². The summed E-state index contributed by atoms with van der Waals surface area (Å²) in [7, 11) is 0. The van der Waals surface area contributed by atoms with Crippen molar-refractivity contribution >= 4 is 23.5 Å². The maximum atomic E-state index is 3.57. The predicted octanol–water partition coefficient (Wildman–Crippen LogP) is 19.8. The SMILES string of the molecule is CC.CC.CC.CCCCCC.CCCCCCCCCC.CCCCCCCCCCCCCCCCCCN(CCCNCCCC)CSC.CCSC. The maximum absolute atomic E-state index is 3.57. The van der Waals surface area contributed by atoms with Gasteiger partial charge in [-0.15, -0.1) is 11.8 Å². The summed E-state index contributed by atoms with van der Waals surface area (Å²) < 4.78 is 0. The molecule has 0 aliphatic rings. The number of thioether (sulfide) groups is 2. The Kier molecular flexibility index (Phi) is 111. The molecule has 2 nitrogen and oxygen atoms in total. The Hall–Kier alpha value is 0.620. The molecule has 0 atom stereocenters. The molecule has 0 saturated heterocycles. The van der Waals surface area contributed by atoms with Gasteiger partial charge in [-0.1, -0.05) is 270 Å². The highest BCUT2D eigenvalue weighted by atomic mass is 32.2. The van der Waals surface area contributed by atoms with Gasteiger partial charge < -0.3 is 5.32 Å². The van der Waals surface area contributed by atoms with E-state index < -0.39 is 0 Å². The third-order valence-electron chi connectivity index (χ3n) is 9.38. The molecule has 0 aromatic carbocycles. The summed E-state index contributed by atoms with van der Waals surface area (Å²) in [6, 6.07) is 0. The molecule has 0 heterocycles. The van der Waals surface area contributed by atoms with Crippen molar-refractivity contribution < 1.29 is 0 Å². The number of unbranched alkanes of at least 4 members (excludes halogenated alkanes) is 26. The average Bonchev–Trinajstić information content (AvgIpc) is 3.25. The Labute approximate surface area is 371 Å². The largest absolute Gasteiger partial charge is 0.317 e. The lowest BCUT2D eigenvalue weighted by molar-refractivity contribution is 0.305. The van der Waals surface area contributed by atoms with Crippen LogP contribution in [-0.4, -0.2) is 55.2 Å². The fourth-order valence-corrected chi connectivity index (χ4v) is 6.49. The molecule has 0 fully saturated rings. The van der Waals surface area contributed by atoms with Gasteiger partial charge in [0.05, 0.1) is 0 Å². The van der Waals surface area contributed by atoms with Crippen LogP contribution in [0.5, 0.6) is 0 Å². The molecule has 0 unspecified atom stereocenters. The number of hydrogen-bond donors (Lipinski definition) is 1. The minimum absolute atomic E-state index is 1.18. The van der Waals surface area contributed by atoms with Crippen LogP contribution < -0.4 is 5.32 Å². The van der Waals surface area contributed by atoms with Crippen LogP contribution in [0.2, 0.25) is 0 Å². The van der Waals surface area contributed by atoms with Gasteiger partial charge in [-0.3, -0.25) is 4.90 Å². The van der Waals surface area contributed by atoms with Crippen molar-refractivity contribution in [1.29, 1.82) is 0 Å². The third kappa shape index (κ3) is 95.2. The fraction of sp³-hybridized carbons (Fsp3) is 1.00. The number of hydrogen-bond acceptors (Lipinski definition) is 4. The Balaban J connectivity index is -0.000000149. The van der Waals surface area contributed by atoms with E-state index >= 15 is 0 Å². The zero-order valence-electron chi connectivity index (χ0n) is 42.9. The van der Waals surface area contributed by atoms with E-state index in [1.807, 2.05) is 65.1 Å². The molecule has 0 saturated carbocycles. The average molecular weight is 838 g/mol. The molecular weight excluding hydrogens is 717 g/mol. The minimum atomic E-state index is 1.18. The summed E-state index contributed by atoms with van der Waals surface area (Å²) in [4.78, 5) is 2.66. The Bertz CT molecular complexity index is 477. The molecule has 56 heavy (non-hydrogen) atoms. The van der Waals surface area contributed by atoms with E-state index in [2.05, 4.69) is 71.2 Å². The van der Waals surface area contributed by atoms with Crippen LogP contribution in [0, 0.1) is 0 Å². The zero-order valence-corrected chi connectivity index (χ0v) is 44.6. The number of nitrogens with zero attached hydrogens (tertiary/aromatic N) is 1. The lowest BCUT2D eigenvalue weighted by Crippen LogP contribution is -2.28. The highest BCUT2D eigenvalue weighted by Gasteiger charge is 2.03. The van der Waals surface area contributed by atoms with Crippen LogP contribution in [0.15, 0.2) is 0 Å². The Morgan fingerprint density at radius 2 is 0.536 bits per heavy atom. The van der Waals surface area contributed by atoms with Gasteiger partial charge in [0.15, 0.2) is 0 Å². The van der Waals surface area contributed by atoms with Gasteiger partial charge in [0.25, 0.3) is 0 Å². The molecule has 0 aliphatic carbocycles. The van der Waals surface area contributed by atoms with Gasteiger partial charge in [-0.2, -0.15) is 11.8 Å². The first-order valence-corrected chi connectivity index (χ1v) is 28.8. The lowest BCUT2D eigenvalue weighted by atomic mass is 10.0. The highest BCUT2D eigenvalue weighted by Crippen LogP contribution is 2.14. The Morgan fingerprint density at radius 1 is 0.304 bits per heavy atom. The van der Waals surface area contributed by atoms with Gasteiger partial charge in [0, 0.05) is 12.4 Å². The lowest BCUT2D eigenvalue weighted by Gasteiger charge is -2.21. The molecule has 0 rings (SSSR count). The van der Waals surface area contributed by atoms with Crippen LogP contribution in [0.3, 0.4) is 0 Å². The van der Waals surface area contributed by atoms with E-state index in [0.717, 1.165) is 0 Å². The topological polar surface area (TPSA) is 15.3 Å². The smallest absolute Gasteiger partial charge is 0.0441 e. The van der Waals surface area contributed by atoms with Gasteiger partial charge in [-0.25, -0.2) is 0 Å². The van der Waals surface area contributed by atoms with Crippen LogP contribution in [0.4, 0.5) is 0 Å². The van der Waals surface area contributed by atoms with E-state index in [4.69, 9.17) is 0 Å². The first kappa shape index (κ1) is 71.1. The molecule has 1 N–H and O–H groups in total.